The fraction of sp³-hybridized carbons (Fsp3) is 0.357. The minimum atomic E-state index is 0.117. The molecular formula is C14H18N2O2S. The summed E-state index contributed by atoms with van der Waals surface area (Å²) in [6.07, 6.45) is 1.91. The van der Waals surface area contributed by atoms with Crippen LogP contribution in [0.1, 0.15) is 21.5 Å². The van der Waals surface area contributed by atoms with Gasteiger partial charge in [0.25, 0.3) is 0 Å². The molecule has 0 saturated carbocycles. The van der Waals surface area contributed by atoms with Gasteiger partial charge in [0.1, 0.15) is 0 Å². The zero-order valence-corrected chi connectivity index (χ0v) is 12.4. The zero-order chi connectivity index (χ0) is 13.8. The Morgan fingerprint density at radius 2 is 1.95 bits per heavy atom. The highest BCUT2D eigenvalue weighted by molar-refractivity contribution is 7.11. The lowest BCUT2D eigenvalue weighted by Crippen LogP contribution is -2.16. The number of thiazole rings is 1. The number of nitrogens with one attached hydrogen (secondary N) is 1. The van der Waals surface area contributed by atoms with Gasteiger partial charge in [-0.15, -0.1) is 11.3 Å². The van der Waals surface area contributed by atoms with Crippen molar-refractivity contribution in [3.8, 4) is 11.5 Å². The molecule has 0 amide bonds. The number of nitrogens with zero attached hydrogens (tertiary/aromatic N) is 1. The zero-order valence-electron chi connectivity index (χ0n) is 11.6. The molecule has 0 aliphatic carbocycles. The number of methoxy groups -OCH3 is 2. The van der Waals surface area contributed by atoms with Crippen molar-refractivity contribution in [2.45, 2.75) is 13.0 Å². The van der Waals surface area contributed by atoms with Gasteiger partial charge in [-0.2, -0.15) is 0 Å². The maximum absolute atomic E-state index is 5.35. The summed E-state index contributed by atoms with van der Waals surface area (Å²) >= 11 is 1.69. The third kappa shape index (κ3) is 2.88. The van der Waals surface area contributed by atoms with E-state index in [0.717, 1.165) is 22.1 Å². The van der Waals surface area contributed by atoms with E-state index in [0.29, 0.717) is 0 Å². The molecule has 19 heavy (non-hydrogen) atoms. The molecule has 2 rings (SSSR count). The molecule has 4 nitrogen and oxygen atoms in total. The van der Waals surface area contributed by atoms with Crippen LogP contribution >= 0.6 is 11.3 Å². The molecule has 0 aliphatic rings. The van der Waals surface area contributed by atoms with E-state index in [2.05, 4.69) is 10.3 Å². The Kier molecular flexibility index (Phi) is 4.39. The van der Waals surface area contributed by atoms with Crippen LogP contribution in [0.25, 0.3) is 0 Å². The van der Waals surface area contributed by atoms with Crippen molar-refractivity contribution in [1.29, 1.82) is 0 Å². The molecule has 1 N–H and O–H groups in total. The summed E-state index contributed by atoms with van der Waals surface area (Å²) < 4.78 is 10.6. The first-order valence-electron chi connectivity index (χ1n) is 6.01. The Morgan fingerprint density at radius 3 is 2.47 bits per heavy atom. The van der Waals surface area contributed by atoms with Crippen LogP contribution in [-0.2, 0) is 0 Å². The fourth-order valence-electron chi connectivity index (χ4n) is 2.02. The van der Waals surface area contributed by atoms with Crippen molar-refractivity contribution in [2.75, 3.05) is 21.3 Å². The van der Waals surface area contributed by atoms with Crippen LogP contribution in [-0.4, -0.2) is 26.3 Å². The van der Waals surface area contributed by atoms with Crippen LogP contribution in [0.5, 0.6) is 11.5 Å². The van der Waals surface area contributed by atoms with Crippen LogP contribution in [0.4, 0.5) is 0 Å². The second kappa shape index (κ2) is 6.04. The normalized spacial score (nSPS) is 12.2. The smallest absolute Gasteiger partial charge is 0.161 e. The van der Waals surface area contributed by atoms with Crippen LogP contribution < -0.4 is 14.8 Å². The van der Waals surface area contributed by atoms with E-state index in [4.69, 9.17) is 9.47 Å². The largest absolute Gasteiger partial charge is 0.493 e. The summed E-state index contributed by atoms with van der Waals surface area (Å²) in [5.74, 6) is 1.48. The predicted octanol–water partition coefficient (Wildman–Crippen LogP) is 2.78. The monoisotopic (exact) mass is 278 g/mol. The molecule has 102 valence electrons. The van der Waals surface area contributed by atoms with Gasteiger partial charge in [-0.1, -0.05) is 6.07 Å². The number of rotatable bonds is 5. The molecule has 0 radical (unpaired) electrons. The average molecular weight is 278 g/mol. The van der Waals surface area contributed by atoms with Crippen LogP contribution in [0.3, 0.4) is 0 Å². The number of ether oxygens (including phenoxy) is 2. The number of benzene rings is 1. The van der Waals surface area contributed by atoms with Gasteiger partial charge in [-0.25, -0.2) is 4.98 Å². The van der Waals surface area contributed by atoms with Gasteiger partial charge in [0.15, 0.2) is 11.5 Å². The lowest BCUT2D eigenvalue weighted by Gasteiger charge is -2.16. The third-order valence-electron chi connectivity index (χ3n) is 2.95. The Balaban J connectivity index is 2.38. The molecule has 0 spiro atoms. The van der Waals surface area contributed by atoms with Crippen molar-refractivity contribution < 1.29 is 9.47 Å². The molecule has 1 aromatic heterocycles. The van der Waals surface area contributed by atoms with Crippen molar-refractivity contribution in [1.82, 2.24) is 10.3 Å². The first-order valence-corrected chi connectivity index (χ1v) is 6.82. The van der Waals surface area contributed by atoms with Crippen molar-refractivity contribution in [2.24, 2.45) is 0 Å². The maximum Gasteiger partial charge on any atom is 0.161 e. The molecular weight excluding hydrogens is 260 g/mol. The second-order valence-electron chi connectivity index (χ2n) is 4.12. The molecule has 1 unspecified atom stereocenters. The SMILES string of the molecule is CNC(c1ccc(OC)c(OC)c1)c1cnc(C)s1. The quantitative estimate of drug-likeness (QED) is 0.913. The minimum Gasteiger partial charge on any atom is -0.493 e. The fourth-order valence-corrected chi connectivity index (χ4v) is 2.94. The molecule has 0 fully saturated rings. The lowest BCUT2D eigenvalue weighted by molar-refractivity contribution is 0.354. The van der Waals surface area contributed by atoms with E-state index in [1.807, 2.05) is 38.4 Å². The highest BCUT2D eigenvalue weighted by Gasteiger charge is 2.16. The Bertz CT molecular complexity index is 554. The van der Waals surface area contributed by atoms with Gasteiger partial charge < -0.3 is 14.8 Å². The molecule has 0 saturated heterocycles. The predicted molar refractivity (Wildman–Crippen MR) is 77.3 cm³/mol. The third-order valence-corrected chi connectivity index (χ3v) is 3.93. The van der Waals surface area contributed by atoms with Crippen LogP contribution in [0.2, 0.25) is 0 Å². The Labute approximate surface area is 117 Å². The van der Waals surface area contributed by atoms with Crippen molar-refractivity contribution in [3.63, 3.8) is 0 Å². The average Bonchev–Trinajstić information content (AvgIpc) is 2.86. The minimum absolute atomic E-state index is 0.117. The van der Waals surface area contributed by atoms with Gasteiger partial charge in [0, 0.05) is 11.1 Å². The summed E-state index contributed by atoms with van der Waals surface area (Å²) in [5.41, 5.74) is 1.13. The first kappa shape index (κ1) is 13.8. The van der Waals surface area contributed by atoms with Crippen LogP contribution in [0.15, 0.2) is 24.4 Å². The van der Waals surface area contributed by atoms with E-state index in [9.17, 15) is 0 Å². The molecule has 1 aromatic carbocycles. The summed E-state index contributed by atoms with van der Waals surface area (Å²) in [7, 11) is 5.23. The first-order chi connectivity index (χ1) is 9.19. The molecule has 0 aliphatic heterocycles. The molecule has 0 bridgehead atoms. The van der Waals surface area contributed by atoms with Gasteiger partial charge in [0.05, 0.1) is 25.3 Å². The number of aromatic nitrogens is 1. The van der Waals surface area contributed by atoms with Crippen molar-refractivity contribution in [3.05, 3.63) is 39.8 Å². The van der Waals surface area contributed by atoms with Crippen molar-refractivity contribution >= 4 is 11.3 Å². The molecule has 5 heteroatoms. The standard InChI is InChI=1S/C14H18N2O2S/c1-9-16-8-13(19-9)14(15-2)10-5-6-11(17-3)12(7-10)18-4/h5-8,14-15H,1-4H3. The summed E-state index contributed by atoms with van der Waals surface area (Å²) in [6.45, 7) is 2.01. The van der Waals surface area contributed by atoms with E-state index in [1.54, 1.807) is 25.6 Å². The maximum atomic E-state index is 5.35. The summed E-state index contributed by atoms with van der Waals surface area (Å²) in [4.78, 5) is 5.50. The Hall–Kier alpha value is -1.59. The number of hydrogen-bond acceptors (Lipinski definition) is 5. The topological polar surface area (TPSA) is 43.4 Å². The van der Waals surface area contributed by atoms with Crippen LogP contribution in [0, 0.1) is 6.92 Å². The Morgan fingerprint density at radius 1 is 1.21 bits per heavy atom. The molecule has 1 heterocycles. The second-order valence-corrected chi connectivity index (χ2v) is 5.38. The highest BCUT2D eigenvalue weighted by Crippen LogP contribution is 2.33. The number of hydrogen-bond donors (Lipinski definition) is 1. The van der Waals surface area contributed by atoms with E-state index in [1.165, 1.54) is 4.88 Å². The van der Waals surface area contributed by atoms with Gasteiger partial charge in [0.2, 0.25) is 0 Å². The summed E-state index contributed by atoms with van der Waals surface area (Å²) in [6, 6.07) is 6.07. The van der Waals surface area contributed by atoms with E-state index >= 15 is 0 Å². The number of aryl methyl sites for hydroxylation is 1. The van der Waals surface area contributed by atoms with Gasteiger partial charge in [-0.3, -0.25) is 0 Å². The van der Waals surface area contributed by atoms with Gasteiger partial charge in [-0.05, 0) is 31.7 Å². The molecule has 1 atom stereocenters. The molecule has 2 aromatic rings. The summed E-state index contributed by atoms with van der Waals surface area (Å²) in [5, 5.41) is 4.38. The van der Waals surface area contributed by atoms with E-state index < -0.39 is 0 Å². The van der Waals surface area contributed by atoms with E-state index in [-0.39, 0.29) is 6.04 Å². The van der Waals surface area contributed by atoms with Gasteiger partial charge >= 0.3 is 0 Å². The lowest BCUT2D eigenvalue weighted by atomic mass is 10.1. The highest BCUT2D eigenvalue weighted by atomic mass is 32.1.